The summed E-state index contributed by atoms with van der Waals surface area (Å²) in [7, 11) is 0. The molecule has 0 fully saturated rings. The van der Waals surface area contributed by atoms with Gasteiger partial charge < -0.3 is 10.8 Å². The van der Waals surface area contributed by atoms with Crippen LogP contribution in [0, 0.1) is 17.7 Å². The minimum Gasteiger partial charge on any atom is -0.388 e. The Morgan fingerprint density at radius 2 is 2.06 bits per heavy atom. The highest BCUT2D eigenvalue weighted by atomic mass is 79.9. The van der Waals surface area contributed by atoms with Gasteiger partial charge in [-0.1, -0.05) is 29.8 Å². The maximum Gasteiger partial charge on any atom is 0.129 e. The highest BCUT2D eigenvalue weighted by Gasteiger charge is 2.23. The van der Waals surface area contributed by atoms with Crippen molar-refractivity contribution in [3.8, 4) is 0 Å². The molecule has 0 amide bonds. The Bertz CT molecular complexity index is 370. The lowest BCUT2D eigenvalue weighted by Crippen LogP contribution is -2.24. The molecule has 1 aromatic carbocycles. The molecular formula is C13H19BrFNO. The van der Waals surface area contributed by atoms with Crippen LogP contribution in [0.2, 0.25) is 0 Å². The first-order chi connectivity index (χ1) is 7.95. The predicted octanol–water partition coefficient (Wildman–Crippen LogP) is 3.24. The molecule has 0 saturated carbocycles. The van der Waals surface area contributed by atoms with Gasteiger partial charge in [-0.2, -0.15) is 0 Å². The van der Waals surface area contributed by atoms with Crippen LogP contribution >= 0.6 is 15.9 Å². The van der Waals surface area contributed by atoms with E-state index in [-0.39, 0.29) is 11.7 Å². The third-order valence-electron chi connectivity index (χ3n) is 2.80. The predicted molar refractivity (Wildman–Crippen MR) is 71.1 cm³/mol. The van der Waals surface area contributed by atoms with E-state index in [1.165, 1.54) is 6.07 Å². The average Bonchev–Trinajstić information content (AvgIpc) is 2.28. The van der Waals surface area contributed by atoms with Crippen LogP contribution in [0.4, 0.5) is 4.39 Å². The number of benzene rings is 1. The van der Waals surface area contributed by atoms with Crippen molar-refractivity contribution >= 4 is 15.9 Å². The molecule has 0 heterocycles. The normalized spacial score (nSPS) is 15.0. The first kappa shape index (κ1) is 14.6. The van der Waals surface area contributed by atoms with E-state index in [0.717, 1.165) is 10.9 Å². The van der Waals surface area contributed by atoms with Gasteiger partial charge in [0.1, 0.15) is 5.82 Å². The zero-order valence-corrected chi connectivity index (χ0v) is 11.7. The van der Waals surface area contributed by atoms with E-state index in [1.807, 2.05) is 0 Å². The molecule has 0 aliphatic carbocycles. The van der Waals surface area contributed by atoms with Gasteiger partial charge in [0, 0.05) is 16.0 Å². The molecule has 0 saturated heterocycles. The van der Waals surface area contributed by atoms with Crippen LogP contribution < -0.4 is 5.73 Å². The summed E-state index contributed by atoms with van der Waals surface area (Å²) in [4.78, 5) is 0. The Hall–Kier alpha value is -0.450. The average molecular weight is 304 g/mol. The van der Waals surface area contributed by atoms with Gasteiger partial charge in [0.05, 0.1) is 6.10 Å². The summed E-state index contributed by atoms with van der Waals surface area (Å²) < 4.78 is 14.4. The van der Waals surface area contributed by atoms with Crippen molar-refractivity contribution in [1.82, 2.24) is 0 Å². The van der Waals surface area contributed by atoms with Gasteiger partial charge in [0.25, 0.3) is 0 Å². The van der Waals surface area contributed by atoms with E-state index in [9.17, 15) is 9.50 Å². The summed E-state index contributed by atoms with van der Waals surface area (Å²) in [5, 5.41) is 10.2. The lowest BCUT2D eigenvalue weighted by Gasteiger charge is -2.24. The second-order valence-corrected chi connectivity index (χ2v) is 5.65. The lowest BCUT2D eigenvalue weighted by atomic mass is 9.88. The zero-order valence-electron chi connectivity index (χ0n) is 10.2. The Labute approximate surface area is 110 Å². The number of aliphatic hydroxyl groups is 1. The molecule has 0 aliphatic rings. The highest BCUT2D eigenvalue weighted by Crippen LogP contribution is 2.30. The third-order valence-corrected chi connectivity index (χ3v) is 3.29. The van der Waals surface area contributed by atoms with Crippen LogP contribution in [0.15, 0.2) is 22.7 Å². The molecule has 0 spiro atoms. The Morgan fingerprint density at radius 3 is 2.59 bits per heavy atom. The van der Waals surface area contributed by atoms with Crippen LogP contribution in [0.3, 0.4) is 0 Å². The van der Waals surface area contributed by atoms with E-state index in [2.05, 4.69) is 29.8 Å². The van der Waals surface area contributed by atoms with Gasteiger partial charge >= 0.3 is 0 Å². The molecular weight excluding hydrogens is 285 g/mol. The SMILES string of the molecule is CC(C)CC(CN)C(O)c1cc(Br)ccc1F. The van der Waals surface area contributed by atoms with Crippen molar-refractivity contribution in [3.63, 3.8) is 0 Å². The fourth-order valence-corrected chi connectivity index (χ4v) is 2.33. The van der Waals surface area contributed by atoms with Crippen molar-refractivity contribution in [3.05, 3.63) is 34.1 Å². The minimum absolute atomic E-state index is 0.112. The van der Waals surface area contributed by atoms with Gasteiger partial charge in [-0.25, -0.2) is 4.39 Å². The molecule has 0 radical (unpaired) electrons. The molecule has 0 bridgehead atoms. The van der Waals surface area contributed by atoms with Crippen molar-refractivity contribution < 1.29 is 9.50 Å². The van der Waals surface area contributed by atoms with Crippen molar-refractivity contribution in [2.75, 3.05) is 6.54 Å². The smallest absolute Gasteiger partial charge is 0.129 e. The molecule has 1 rings (SSSR count). The minimum atomic E-state index is -0.847. The first-order valence-corrected chi connectivity index (χ1v) is 6.58. The van der Waals surface area contributed by atoms with Crippen LogP contribution in [0.5, 0.6) is 0 Å². The molecule has 0 aliphatic heterocycles. The molecule has 3 N–H and O–H groups in total. The number of nitrogens with two attached hydrogens (primary N) is 1. The third kappa shape index (κ3) is 4.05. The number of hydrogen-bond donors (Lipinski definition) is 2. The topological polar surface area (TPSA) is 46.2 Å². The van der Waals surface area contributed by atoms with Gasteiger partial charge in [-0.05, 0) is 37.1 Å². The summed E-state index contributed by atoms with van der Waals surface area (Å²) in [6.45, 7) is 4.48. The van der Waals surface area contributed by atoms with Crippen LogP contribution in [-0.4, -0.2) is 11.7 Å². The van der Waals surface area contributed by atoms with Gasteiger partial charge in [0.15, 0.2) is 0 Å². The molecule has 2 nitrogen and oxygen atoms in total. The molecule has 17 heavy (non-hydrogen) atoms. The fourth-order valence-electron chi connectivity index (χ4n) is 1.95. The lowest BCUT2D eigenvalue weighted by molar-refractivity contribution is 0.0959. The fraction of sp³-hybridized carbons (Fsp3) is 0.538. The van der Waals surface area contributed by atoms with Gasteiger partial charge in [0.2, 0.25) is 0 Å². The van der Waals surface area contributed by atoms with Crippen LogP contribution in [0.1, 0.15) is 31.9 Å². The largest absolute Gasteiger partial charge is 0.388 e. The van der Waals surface area contributed by atoms with Crippen LogP contribution in [0.25, 0.3) is 0 Å². The van der Waals surface area contributed by atoms with Gasteiger partial charge in [-0.3, -0.25) is 0 Å². The molecule has 4 heteroatoms. The molecule has 2 unspecified atom stereocenters. The van der Waals surface area contributed by atoms with Crippen molar-refractivity contribution in [1.29, 1.82) is 0 Å². The van der Waals surface area contributed by atoms with Crippen LogP contribution in [-0.2, 0) is 0 Å². The maximum absolute atomic E-state index is 13.6. The number of hydrogen-bond acceptors (Lipinski definition) is 2. The quantitative estimate of drug-likeness (QED) is 0.877. The highest BCUT2D eigenvalue weighted by molar-refractivity contribution is 9.10. The first-order valence-electron chi connectivity index (χ1n) is 5.78. The Balaban J connectivity index is 2.92. The summed E-state index contributed by atoms with van der Waals surface area (Å²) in [6, 6.07) is 4.58. The second-order valence-electron chi connectivity index (χ2n) is 4.74. The van der Waals surface area contributed by atoms with Crippen molar-refractivity contribution in [2.45, 2.75) is 26.4 Å². The molecule has 0 aromatic heterocycles. The molecule has 96 valence electrons. The molecule has 2 atom stereocenters. The van der Waals surface area contributed by atoms with Crippen molar-refractivity contribution in [2.24, 2.45) is 17.6 Å². The standard InChI is InChI=1S/C13H19BrFNO/c1-8(2)5-9(7-16)13(17)11-6-10(14)3-4-12(11)15/h3-4,6,8-9,13,17H,5,7,16H2,1-2H3. The zero-order chi connectivity index (χ0) is 13.0. The number of rotatable bonds is 5. The molecule has 1 aromatic rings. The van der Waals surface area contributed by atoms with E-state index >= 15 is 0 Å². The Morgan fingerprint density at radius 1 is 1.41 bits per heavy atom. The summed E-state index contributed by atoms with van der Waals surface area (Å²) in [5.74, 6) is -0.0740. The van der Waals surface area contributed by atoms with E-state index in [4.69, 9.17) is 5.73 Å². The van der Waals surface area contributed by atoms with E-state index in [1.54, 1.807) is 12.1 Å². The summed E-state index contributed by atoms with van der Waals surface area (Å²) in [5.41, 5.74) is 5.97. The maximum atomic E-state index is 13.6. The number of halogens is 2. The summed E-state index contributed by atoms with van der Waals surface area (Å²) in [6.07, 6.45) is -0.0659. The van der Waals surface area contributed by atoms with E-state index in [0.29, 0.717) is 18.0 Å². The summed E-state index contributed by atoms with van der Waals surface area (Å²) >= 11 is 3.28. The van der Waals surface area contributed by atoms with Gasteiger partial charge in [-0.15, -0.1) is 0 Å². The number of aliphatic hydroxyl groups excluding tert-OH is 1. The Kier molecular flexibility index (Phi) is 5.56. The monoisotopic (exact) mass is 303 g/mol. The second kappa shape index (κ2) is 6.47. The van der Waals surface area contributed by atoms with E-state index < -0.39 is 6.10 Å².